The number of carbonyl (C=O) groups is 2. The van der Waals surface area contributed by atoms with Crippen LogP contribution in [0.1, 0.15) is 21.0 Å². The van der Waals surface area contributed by atoms with Crippen LogP contribution in [0.3, 0.4) is 0 Å². The number of hydrogen-bond acceptors (Lipinski definition) is 5. The minimum absolute atomic E-state index is 0.139. The summed E-state index contributed by atoms with van der Waals surface area (Å²) in [4.78, 5) is 37.8. The number of aromatic nitrogens is 2. The third kappa shape index (κ3) is 0.746. The topological polar surface area (TPSA) is 89.1 Å². The van der Waals surface area contributed by atoms with E-state index in [1.807, 2.05) is 0 Å². The van der Waals surface area contributed by atoms with Crippen LogP contribution in [-0.4, -0.2) is 21.9 Å². The second-order valence-electron chi connectivity index (χ2n) is 2.15. The normalized spacial score (nSPS) is 14.3. The van der Waals surface area contributed by atoms with E-state index in [2.05, 4.69) is 14.7 Å². The van der Waals surface area contributed by atoms with Crippen molar-refractivity contribution in [1.29, 1.82) is 0 Å². The Bertz CT molecular complexity index is 433. The van der Waals surface area contributed by atoms with Gasteiger partial charge in [-0.1, -0.05) is 0 Å². The highest BCUT2D eigenvalue weighted by atomic mass is 16.6. The average molecular weight is 166 g/mol. The number of cyclic esters (lactones) is 2. The van der Waals surface area contributed by atoms with Gasteiger partial charge < -0.3 is 9.72 Å². The maximum Gasteiger partial charge on any atom is 0.367 e. The molecule has 12 heavy (non-hydrogen) atoms. The molecule has 2 heterocycles. The van der Waals surface area contributed by atoms with Crippen LogP contribution in [0.4, 0.5) is 0 Å². The summed E-state index contributed by atoms with van der Waals surface area (Å²) in [5.74, 6) is -1.69. The number of aromatic amines is 1. The number of nitrogens with one attached hydrogen (secondary N) is 1. The van der Waals surface area contributed by atoms with Crippen LogP contribution in [0, 0.1) is 0 Å². The molecule has 0 radical (unpaired) electrons. The van der Waals surface area contributed by atoms with Gasteiger partial charge in [-0.05, 0) is 0 Å². The molecule has 0 aromatic carbocycles. The van der Waals surface area contributed by atoms with Crippen molar-refractivity contribution < 1.29 is 14.3 Å². The molecule has 1 aromatic heterocycles. The molecule has 0 saturated carbocycles. The van der Waals surface area contributed by atoms with Crippen LogP contribution in [0.2, 0.25) is 0 Å². The fraction of sp³-hybridized carbons (Fsp3) is 0. The zero-order chi connectivity index (χ0) is 8.72. The molecule has 0 spiro atoms. The lowest BCUT2D eigenvalue weighted by atomic mass is 10.3. The van der Waals surface area contributed by atoms with E-state index in [4.69, 9.17) is 0 Å². The Balaban J connectivity index is 2.76. The summed E-state index contributed by atoms with van der Waals surface area (Å²) >= 11 is 0. The molecule has 6 nitrogen and oxygen atoms in total. The summed E-state index contributed by atoms with van der Waals surface area (Å²) in [5.41, 5.74) is -0.854. The van der Waals surface area contributed by atoms with Gasteiger partial charge in [-0.15, -0.1) is 0 Å². The zero-order valence-corrected chi connectivity index (χ0v) is 5.66. The second-order valence-corrected chi connectivity index (χ2v) is 2.15. The van der Waals surface area contributed by atoms with Crippen molar-refractivity contribution >= 4 is 11.9 Å². The van der Waals surface area contributed by atoms with Crippen molar-refractivity contribution in [2.75, 3.05) is 0 Å². The van der Waals surface area contributed by atoms with Crippen molar-refractivity contribution in [1.82, 2.24) is 9.97 Å². The van der Waals surface area contributed by atoms with Crippen molar-refractivity contribution in [3.05, 3.63) is 27.9 Å². The molecule has 0 aliphatic carbocycles. The summed E-state index contributed by atoms with van der Waals surface area (Å²) in [6.45, 7) is 0. The van der Waals surface area contributed by atoms with Gasteiger partial charge in [-0.3, -0.25) is 4.79 Å². The van der Waals surface area contributed by atoms with Crippen LogP contribution < -0.4 is 5.56 Å². The van der Waals surface area contributed by atoms with E-state index in [0.717, 1.165) is 6.20 Å². The van der Waals surface area contributed by atoms with Crippen molar-refractivity contribution in [3.63, 3.8) is 0 Å². The number of rotatable bonds is 0. The van der Waals surface area contributed by atoms with E-state index in [-0.39, 0.29) is 11.4 Å². The highest BCUT2D eigenvalue weighted by Crippen LogP contribution is 2.12. The number of carbonyl (C=O) groups excluding carboxylic acids is 2. The summed E-state index contributed by atoms with van der Waals surface area (Å²) in [6.07, 6.45) is 0.915. The van der Waals surface area contributed by atoms with Crippen LogP contribution >= 0.6 is 0 Å². The molecule has 0 saturated heterocycles. The van der Waals surface area contributed by atoms with Gasteiger partial charge in [0.1, 0.15) is 0 Å². The third-order valence-electron chi connectivity index (χ3n) is 1.38. The molecular formula is C6H2N2O4. The molecule has 1 aliphatic rings. The molecule has 1 aliphatic heterocycles. The van der Waals surface area contributed by atoms with Crippen LogP contribution in [0.15, 0.2) is 11.0 Å². The standard InChI is InChI=1S/C6H2N2O4/c9-2-1-7-3-4(8-2)6(11)12-5(3)10/h1H,(H,8,9). The van der Waals surface area contributed by atoms with E-state index < -0.39 is 17.5 Å². The maximum absolute atomic E-state index is 10.8. The van der Waals surface area contributed by atoms with Crippen LogP contribution in [0.5, 0.6) is 0 Å². The quantitative estimate of drug-likeness (QED) is 0.397. The number of nitrogens with zero attached hydrogens (tertiary/aromatic N) is 1. The van der Waals surface area contributed by atoms with Crippen molar-refractivity contribution in [2.45, 2.75) is 0 Å². The molecule has 1 aromatic rings. The molecule has 0 amide bonds. The van der Waals surface area contributed by atoms with Gasteiger partial charge in [0.15, 0.2) is 11.4 Å². The SMILES string of the molecule is O=C1OC(=O)c2[nH]c(=O)cnc21. The fourth-order valence-electron chi connectivity index (χ4n) is 0.888. The smallest absolute Gasteiger partial charge is 0.367 e. The summed E-state index contributed by atoms with van der Waals surface area (Å²) < 4.78 is 4.18. The summed E-state index contributed by atoms with van der Waals surface area (Å²) in [5, 5.41) is 0. The van der Waals surface area contributed by atoms with Gasteiger partial charge in [0.25, 0.3) is 5.56 Å². The molecular weight excluding hydrogens is 164 g/mol. The van der Waals surface area contributed by atoms with Crippen LogP contribution in [-0.2, 0) is 4.74 Å². The van der Waals surface area contributed by atoms with Gasteiger partial charge >= 0.3 is 11.9 Å². The lowest BCUT2D eigenvalue weighted by Gasteiger charge is -1.86. The fourth-order valence-corrected chi connectivity index (χ4v) is 0.888. The first kappa shape index (κ1) is 6.71. The Morgan fingerprint density at radius 3 is 2.75 bits per heavy atom. The third-order valence-corrected chi connectivity index (χ3v) is 1.38. The molecule has 2 rings (SSSR count). The Morgan fingerprint density at radius 1 is 1.25 bits per heavy atom. The number of ether oxygens (including phenoxy) is 1. The lowest BCUT2D eigenvalue weighted by molar-refractivity contribution is 0.0439. The molecule has 6 heteroatoms. The first-order valence-electron chi connectivity index (χ1n) is 3.04. The van der Waals surface area contributed by atoms with Gasteiger partial charge in [0.05, 0.1) is 6.20 Å². The van der Waals surface area contributed by atoms with E-state index in [0.29, 0.717) is 0 Å². The molecule has 1 N–H and O–H groups in total. The predicted molar refractivity (Wildman–Crippen MR) is 34.6 cm³/mol. The largest absolute Gasteiger partial charge is 0.383 e. The highest BCUT2D eigenvalue weighted by molar-refractivity contribution is 6.12. The molecule has 0 fully saturated rings. The van der Waals surface area contributed by atoms with E-state index in [9.17, 15) is 14.4 Å². The van der Waals surface area contributed by atoms with Gasteiger partial charge in [0, 0.05) is 0 Å². The van der Waals surface area contributed by atoms with E-state index in [1.165, 1.54) is 0 Å². The van der Waals surface area contributed by atoms with Gasteiger partial charge in [-0.2, -0.15) is 0 Å². The average Bonchev–Trinajstić information content (AvgIpc) is 2.28. The molecule has 0 unspecified atom stereocenters. The van der Waals surface area contributed by atoms with Crippen LogP contribution in [0.25, 0.3) is 0 Å². The number of H-pyrrole nitrogens is 1. The maximum atomic E-state index is 10.8. The second kappa shape index (κ2) is 2.00. The zero-order valence-electron chi connectivity index (χ0n) is 5.66. The predicted octanol–water partition coefficient (Wildman–Crippen LogP) is -0.919. The Labute approximate surface area is 65.2 Å². The first-order valence-corrected chi connectivity index (χ1v) is 3.04. The minimum atomic E-state index is -0.861. The molecule has 60 valence electrons. The Hall–Kier alpha value is -1.98. The Morgan fingerprint density at radius 2 is 2.00 bits per heavy atom. The first-order chi connectivity index (χ1) is 5.68. The summed E-state index contributed by atoms with van der Waals surface area (Å²) in [6, 6.07) is 0. The van der Waals surface area contributed by atoms with Gasteiger partial charge in [0.2, 0.25) is 0 Å². The number of hydrogen-bond donors (Lipinski definition) is 1. The molecule has 0 atom stereocenters. The van der Waals surface area contributed by atoms with Crippen molar-refractivity contribution in [2.24, 2.45) is 0 Å². The Kier molecular flexibility index (Phi) is 1.12. The molecule has 0 bridgehead atoms. The summed E-state index contributed by atoms with van der Waals surface area (Å²) in [7, 11) is 0. The van der Waals surface area contributed by atoms with E-state index >= 15 is 0 Å². The lowest BCUT2D eigenvalue weighted by Crippen LogP contribution is -2.12. The van der Waals surface area contributed by atoms with Crippen molar-refractivity contribution in [3.8, 4) is 0 Å². The van der Waals surface area contributed by atoms with E-state index in [1.54, 1.807) is 0 Å². The number of fused-ring (bicyclic) bond motifs is 1. The monoisotopic (exact) mass is 166 g/mol. The number of esters is 2. The van der Waals surface area contributed by atoms with Gasteiger partial charge in [-0.25, -0.2) is 14.6 Å². The minimum Gasteiger partial charge on any atom is -0.383 e. The highest BCUT2D eigenvalue weighted by Gasteiger charge is 2.32.